The molecular formula is C30H43N. The second-order valence-electron chi connectivity index (χ2n) is 9.71. The van der Waals surface area contributed by atoms with Gasteiger partial charge in [0.25, 0.3) is 0 Å². The molecule has 0 saturated heterocycles. The highest BCUT2D eigenvalue weighted by Crippen LogP contribution is 2.32. The van der Waals surface area contributed by atoms with Crippen LogP contribution in [-0.2, 0) is 6.54 Å². The van der Waals surface area contributed by atoms with Crippen LogP contribution in [0.25, 0.3) is 21.8 Å². The number of aryl methyl sites for hydroxylation is 2. The van der Waals surface area contributed by atoms with Crippen LogP contribution in [0.15, 0.2) is 24.3 Å². The van der Waals surface area contributed by atoms with Crippen LogP contribution in [0.2, 0.25) is 0 Å². The summed E-state index contributed by atoms with van der Waals surface area (Å²) >= 11 is 0. The molecule has 2 aromatic carbocycles. The lowest BCUT2D eigenvalue weighted by molar-refractivity contribution is 0.365. The van der Waals surface area contributed by atoms with Gasteiger partial charge in [0.1, 0.15) is 0 Å². The summed E-state index contributed by atoms with van der Waals surface area (Å²) in [4.78, 5) is 0. The maximum atomic E-state index is 3.46. The van der Waals surface area contributed by atoms with Crippen LogP contribution >= 0.6 is 0 Å². The SMILES string of the molecule is CCCCCCCCC(CCCCCC)Cn1c2c[c]c(C)cc2c2cc(C)[c]cc21. The summed E-state index contributed by atoms with van der Waals surface area (Å²) in [7, 11) is 0. The summed E-state index contributed by atoms with van der Waals surface area (Å²) in [5.74, 6) is 0.768. The molecule has 0 saturated carbocycles. The molecule has 3 aromatic rings. The van der Waals surface area contributed by atoms with Gasteiger partial charge in [0.15, 0.2) is 0 Å². The smallest absolute Gasteiger partial charge is 0.0497 e. The van der Waals surface area contributed by atoms with E-state index in [1.807, 2.05) is 0 Å². The Labute approximate surface area is 191 Å². The van der Waals surface area contributed by atoms with Gasteiger partial charge in [-0.25, -0.2) is 0 Å². The van der Waals surface area contributed by atoms with Gasteiger partial charge in [-0.15, -0.1) is 0 Å². The molecule has 0 aliphatic rings. The van der Waals surface area contributed by atoms with Crippen LogP contribution in [0.4, 0.5) is 0 Å². The molecule has 0 N–H and O–H groups in total. The van der Waals surface area contributed by atoms with E-state index >= 15 is 0 Å². The molecule has 1 unspecified atom stereocenters. The van der Waals surface area contributed by atoms with Gasteiger partial charge in [0.05, 0.1) is 0 Å². The lowest BCUT2D eigenvalue weighted by Gasteiger charge is -2.19. The fraction of sp³-hybridized carbons (Fsp3) is 0.600. The number of rotatable bonds is 14. The maximum absolute atomic E-state index is 3.46. The Bertz CT molecular complexity index is 873. The molecule has 31 heavy (non-hydrogen) atoms. The predicted octanol–water partition coefficient (Wildman–Crippen LogP) is 9.35. The molecule has 1 heterocycles. The van der Waals surface area contributed by atoms with Gasteiger partial charge in [-0.3, -0.25) is 0 Å². The third-order valence-electron chi connectivity index (χ3n) is 6.89. The molecule has 168 valence electrons. The Kier molecular flexibility index (Phi) is 9.50. The summed E-state index contributed by atoms with van der Waals surface area (Å²) in [6, 6.07) is 16.0. The minimum Gasteiger partial charge on any atom is -0.340 e. The highest BCUT2D eigenvalue weighted by molar-refractivity contribution is 6.08. The molecule has 2 radical (unpaired) electrons. The van der Waals surface area contributed by atoms with Gasteiger partial charge in [0.2, 0.25) is 0 Å². The fourth-order valence-electron chi connectivity index (χ4n) is 5.05. The first kappa shape index (κ1) is 23.9. The molecule has 0 amide bonds. The van der Waals surface area contributed by atoms with Gasteiger partial charge in [-0.05, 0) is 80.1 Å². The molecule has 1 atom stereocenters. The van der Waals surface area contributed by atoms with Crippen molar-refractivity contribution in [2.75, 3.05) is 0 Å². The van der Waals surface area contributed by atoms with Crippen LogP contribution in [0.3, 0.4) is 0 Å². The molecule has 1 heteroatoms. The van der Waals surface area contributed by atoms with Crippen molar-refractivity contribution in [3.8, 4) is 0 Å². The summed E-state index contributed by atoms with van der Waals surface area (Å²) in [6.45, 7) is 10.0. The van der Waals surface area contributed by atoms with Crippen molar-refractivity contribution in [2.24, 2.45) is 5.92 Å². The standard InChI is InChI=1S/C30H43N/c1-5-7-9-11-12-14-16-26(15-13-10-8-6-2)23-31-29-19-17-24(3)21-27(29)28-22-25(4)18-20-30(28)31/h19-22,26H,5-16,23H2,1-4H3. The molecule has 0 spiro atoms. The van der Waals surface area contributed by atoms with Gasteiger partial charge in [-0.2, -0.15) is 0 Å². The zero-order valence-corrected chi connectivity index (χ0v) is 20.5. The maximum Gasteiger partial charge on any atom is 0.0497 e. The molecule has 3 rings (SSSR count). The van der Waals surface area contributed by atoms with E-state index < -0.39 is 0 Å². The van der Waals surface area contributed by atoms with E-state index in [1.165, 1.54) is 110 Å². The third kappa shape index (κ3) is 6.61. The number of benzene rings is 2. The zero-order chi connectivity index (χ0) is 22.1. The van der Waals surface area contributed by atoms with E-state index in [1.54, 1.807) is 0 Å². The van der Waals surface area contributed by atoms with Crippen molar-refractivity contribution >= 4 is 21.8 Å². The Hall–Kier alpha value is -1.76. The number of hydrogen-bond donors (Lipinski definition) is 0. The van der Waals surface area contributed by atoms with Gasteiger partial charge in [-0.1, -0.05) is 78.1 Å². The first-order valence-electron chi connectivity index (χ1n) is 13.0. The first-order chi connectivity index (χ1) is 15.1. The van der Waals surface area contributed by atoms with Gasteiger partial charge < -0.3 is 4.57 Å². The molecule has 1 aromatic heterocycles. The minimum atomic E-state index is 0.768. The summed E-state index contributed by atoms with van der Waals surface area (Å²) < 4.78 is 2.58. The van der Waals surface area contributed by atoms with Crippen molar-refractivity contribution in [2.45, 2.75) is 111 Å². The average molecular weight is 418 g/mol. The summed E-state index contributed by atoms with van der Waals surface area (Å²) in [5.41, 5.74) is 5.14. The summed E-state index contributed by atoms with van der Waals surface area (Å²) in [5, 5.41) is 2.76. The second-order valence-corrected chi connectivity index (χ2v) is 9.71. The van der Waals surface area contributed by atoms with E-state index in [2.05, 4.69) is 68.7 Å². The number of nitrogens with zero attached hydrogens (tertiary/aromatic N) is 1. The van der Waals surface area contributed by atoms with Crippen LogP contribution in [-0.4, -0.2) is 4.57 Å². The molecule has 0 fully saturated rings. The van der Waals surface area contributed by atoms with E-state index in [0.29, 0.717) is 0 Å². The molecule has 0 aliphatic heterocycles. The van der Waals surface area contributed by atoms with Crippen molar-refractivity contribution < 1.29 is 0 Å². The fourth-order valence-corrected chi connectivity index (χ4v) is 5.05. The summed E-state index contributed by atoms with van der Waals surface area (Å²) in [6.07, 6.45) is 16.5. The second kappa shape index (κ2) is 12.3. The Balaban J connectivity index is 1.79. The lowest BCUT2D eigenvalue weighted by Crippen LogP contribution is -2.11. The third-order valence-corrected chi connectivity index (χ3v) is 6.89. The van der Waals surface area contributed by atoms with Gasteiger partial charge >= 0.3 is 0 Å². The number of fused-ring (bicyclic) bond motifs is 3. The monoisotopic (exact) mass is 417 g/mol. The Morgan fingerprint density at radius 3 is 1.65 bits per heavy atom. The predicted molar refractivity (Wildman–Crippen MR) is 137 cm³/mol. The van der Waals surface area contributed by atoms with Gasteiger partial charge in [0, 0.05) is 28.4 Å². The van der Waals surface area contributed by atoms with Crippen molar-refractivity contribution in [3.63, 3.8) is 0 Å². The molecule has 1 nitrogen and oxygen atoms in total. The average Bonchev–Trinajstić information content (AvgIpc) is 3.05. The first-order valence-corrected chi connectivity index (χ1v) is 13.0. The number of aromatic nitrogens is 1. The number of unbranched alkanes of at least 4 members (excludes halogenated alkanes) is 8. The molecule has 0 bridgehead atoms. The Morgan fingerprint density at radius 1 is 0.677 bits per heavy atom. The van der Waals surface area contributed by atoms with Crippen molar-refractivity contribution in [1.29, 1.82) is 0 Å². The molecule has 0 aliphatic carbocycles. The molecular weight excluding hydrogens is 374 g/mol. The highest BCUT2D eigenvalue weighted by atomic mass is 15.0. The van der Waals surface area contributed by atoms with E-state index in [0.717, 1.165) is 12.5 Å². The van der Waals surface area contributed by atoms with Crippen LogP contribution in [0.5, 0.6) is 0 Å². The highest BCUT2D eigenvalue weighted by Gasteiger charge is 2.16. The van der Waals surface area contributed by atoms with Crippen LogP contribution in [0, 0.1) is 31.9 Å². The van der Waals surface area contributed by atoms with E-state index in [9.17, 15) is 0 Å². The van der Waals surface area contributed by atoms with Crippen molar-refractivity contribution in [3.05, 3.63) is 47.5 Å². The largest absolute Gasteiger partial charge is 0.340 e. The van der Waals surface area contributed by atoms with Crippen LogP contribution in [0.1, 0.15) is 102 Å². The number of hydrogen-bond acceptors (Lipinski definition) is 0. The van der Waals surface area contributed by atoms with Crippen LogP contribution < -0.4 is 0 Å². The minimum absolute atomic E-state index is 0.768. The Morgan fingerprint density at radius 2 is 1.13 bits per heavy atom. The normalized spacial score (nSPS) is 12.8. The van der Waals surface area contributed by atoms with E-state index in [-0.39, 0.29) is 0 Å². The van der Waals surface area contributed by atoms with Crippen molar-refractivity contribution in [1.82, 2.24) is 4.57 Å². The zero-order valence-electron chi connectivity index (χ0n) is 20.5. The topological polar surface area (TPSA) is 4.93 Å². The lowest BCUT2D eigenvalue weighted by atomic mass is 9.94. The van der Waals surface area contributed by atoms with E-state index in [4.69, 9.17) is 0 Å². The quantitative estimate of drug-likeness (QED) is 0.230.